The predicted octanol–water partition coefficient (Wildman–Crippen LogP) is 4.33. The molecule has 0 bridgehead atoms. The van der Waals surface area contributed by atoms with Crippen molar-refractivity contribution in [2.24, 2.45) is 0 Å². The molecule has 0 aliphatic rings. The Balaban J connectivity index is 2.79. The number of fused-ring (bicyclic) bond motifs is 1. The molecule has 14 heavy (non-hydrogen) atoms. The van der Waals surface area contributed by atoms with E-state index in [1.54, 1.807) is 5.56 Å². The fraction of sp³-hybridized carbons (Fsp3) is 0.385. The van der Waals surface area contributed by atoms with Crippen LogP contribution in [0, 0.1) is 6.92 Å². The van der Waals surface area contributed by atoms with E-state index in [1.165, 1.54) is 20.5 Å². The summed E-state index contributed by atoms with van der Waals surface area (Å²) in [4.78, 5) is 1.49. The molecule has 1 aromatic carbocycles. The van der Waals surface area contributed by atoms with Crippen molar-refractivity contribution in [3.63, 3.8) is 0 Å². The Kier molecular flexibility index (Phi) is 2.60. The Bertz CT molecular complexity index is 451. The van der Waals surface area contributed by atoms with Gasteiger partial charge in [0.05, 0.1) is 0 Å². The van der Waals surface area contributed by atoms with Crippen molar-refractivity contribution in [2.75, 3.05) is 0 Å². The Morgan fingerprint density at radius 2 is 1.93 bits per heavy atom. The molecule has 74 valence electrons. The molecule has 0 atom stereocenters. The van der Waals surface area contributed by atoms with Crippen molar-refractivity contribution in [3.8, 4) is 0 Å². The molecular weight excluding hydrogens is 188 g/mol. The van der Waals surface area contributed by atoms with Gasteiger partial charge in [-0.25, -0.2) is 0 Å². The Morgan fingerprint density at radius 1 is 1.14 bits per heavy atom. The molecule has 0 nitrogen and oxygen atoms in total. The van der Waals surface area contributed by atoms with Crippen LogP contribution >= 0.6 is 11.3 Å². The van der Waals surface area contributed by atoms with Gasteiger partial charge in [0.2, 0.25) is 0 Å². The quantitative estimate of drug-likeness (QED) is 0.683. The van der Waals surface area contributed by atoms with E-state index in [0.717, 1.165) is 12.8 Å². The molecule has 0 N–H and O–H groups in total. The van der Waals surface area contributed by atoms with E-state index in [9.17, 15) is 0 Å². The van der Waals surface area contributed by atoms with E-state index >= 15 is 0 Å². The molecule has 0 saturated carbocycles. The Morgan fingerprint density at radius 3 is 2.57 bits per heavy atom. The van der Waals surface area contributed by atoms with Crippen molar-refractivity contribution in [1.82, 2.24) is 0 Å². The number of hydrogen-bond donors (Lipinski definition) is 0. The van der Waals surface area contributed by atoms with Gasteiger partial charge in [-0.3, -0.25) is 0 Å². The Hall–Kier alpha value is -0.820. The molecule has 2 aromatic rings. The van der Waals surface area contributed by atoms with Gasteiger partial charge in [0.15, 0.2) is 0 Å². The lowest BCUT2D eigenvalue weighted by Crippen LogP contribution is -1.81. The molecule has 0 fully saturated rings. The topological polar surface area (TPSA) is 0 Å². The van der Waals surface area contributed by atoms with Crippen molar-refractivity contribution in [2.45, 2.75) is 33.6 Å². The first kappa shape index (κ1) is 9.72. The lowest BCUT2D eigenvalue weighted by molar-refractivity contribution is 1.14. The molecule has 0 aliphatic heterocycles. The molecular formula is C13H16S. The maximum Gasteiger partial charge on any atom is 0.0380 e. The summed E-state index contributed by atoms with van der Waals surface area (Å²) in [7, 11) is 0. The first-order valence-electron chi connectivity index (χ1n) is 5.27. The van der Waals surface area contributed by atoms with Crippen LogP contribution in [0.5, 0.6) is 0 Å². The standard InChI is InChI=1S/C13H16S/c1-4-10-7-6-8-12-11(5-2)9(3)14-13(10)12/h6-8H,4-5H2,1-3H3. The summed E-state index contributed by atoms with van der Waals surface area (Å²) in [6.07, 6.45) is 2.29. The highest BCUT2D eigenvalue weighted by Gasteiger charge is 2.08. The Labute approximate surface area is 89.6 Å². The third kappa shape index (κ3) is 1.36. The third-order valence-electron chi connectivity index (χ3n) is 2.84. The molecule has 0 unspecified atom stereocenters. The lowest BCUT2D eigenvalue weighted by atomic mass is 10.1. The van der Waals surface area contributed by atoms with Gasteiger partial charge in [0.1, 0.15) is 0 Å². The summed E-state index contributed by atoms with van der Waals surface area (Å²) in [6.45, 7) is 6.71. The second-order valence-corrected chi connectivity index (χ2v) is 4.86. The molecule has 0 spiro atoms. The molecule has 1 heterocycles. The zero-order chi connectivity index (χ0) is 10.1. The zero-order valence-corrected chi connectivity index (χ0v) is 9.87. The lowest BCUT2D eigenvalue weighted by Gasteiger charge is -1.99. The van der Waals surface area contributed by atoms with E-state index in [-0.39, 0.29) is 0 Å². The van der Waals surface area contributed by atoms with E-state index in [0.29, 0.717) is 0 Å². The molecule has 0 amide bonds. The smallest absolute Gasteiger partial charge is 0.0380 e. The van der Waals surface area contributed by atoms with E-state index in [1.807, 2.05) is 11.3 Å². The summed E-state index contributed by atoms with van der Waals surface area (Å²) in [6, 6.07) is 6.70. The summed E-state index contributed by atoms with van der Waals surface area (Å²) >= 11 is 1.95. The van der Waals surface area contributed by atoms with Crippen LogP contribution < -0.4 is 0 Å². The largest absolute Gasteiger partial charge is 0.140 e. The van der Waals surface area contributed by atoms with E-state index < -0.39 is 0 Å². The molecule has 2 rings (SSSR count). The zero-order valence-electron chi connectivity index (χ0n) is 9.05. The summed E-state index contributed by atoms with van der Waals surface area (Å²) in [5.74, 6) is 0. The molecule has 1 aromatic heterocycles. The summed E-state index contributed by atoms with van der Waals surface area (Å²) < 4.78 is 1.50. The van der Waals surface area contributed by atoms with Gasteiger partial charge in [0.25, 0.3) is 0 Å². The van der Waals surface area contributed by atoms with E-state index in [4.69, 9.17) is 0 Å². The van der Waals surface area contributed by atoms with Crippen LogP contribution in [-0.2, 0) is 12.8 Å². The second kappa shape index (κ2) is 3.74. The van der Waals surface area contributed by atoms with Crippen LogP contribution in [0.2, 0.25) is 0 Å². The van der Waals surface area contributed by atoms with Crippen LogP contribution in [0.3, 0.4) is 0 Å². The van der Waals surface area contributed by atoms with Crippen LogP contribution in [0.1, 0.15) is 29.9 Å². The highest BCUT2D eigenvalue weighted by Crippen LogP contribution is 2.33. The number of aryl methyl sites for hydroxylation is 3. The minimum absolute atomic E-state index is 1.14. The van der Waals surface area contributed by atoms with Gasteiger partial charge in [-0.1, -0.05) is 32.0 Å². The van der Waals surface area contributed by atoms with Crippen molar-refractivity contribution >= 4 is 21.4 Å². The SMILES string of the molecule is CCc1c(C)sc2c(CC)cccc12. The van der Waals surface area contributed by atoms with Gasteiger partial charge in [0, 0.05) is 9.58 Å². The van der Waals surface area contributed by atoms with Crippen LogP contribution in [0.15, 0.2) is 18.2 Å². The van der Waals surface area contributed by atoms with Gasteiger partial charge in [-0.15, -0.1) is 11.3 Å². The molecule has 0 saturated heterocycles. The summed E-state index contributed by atoms with van der Waals surface area (Å²) in [5, 5.41) is 1.48. The maximum absolute atomic E-state index is 2.26. The average Bonchev–Trinajstić information content (AvgIpc) is 2.52. The average molecular weight is 204 g/mol. The normalized spacial score (nSPS) is 11.1. The third-order valence-corrected chi connectivity index (χ3v) is 4.08. The predicted molar refractivity (Wildman–Crippen MR) is 65.3 cm³/mol. The fourth-order valence-electron chi connectivity index (χ4n) is 2.07. The first-order valence-corrected chi connectivity index (χ1v) is 6.09. The van der Waals surface area contributed by atoms with Crippen LogP contribution in [0.4, 0.5) is 0 Å². The maximum atomic E-state index is 2.26. The molecule has 0 radical (unpaired) electrons. The molecule has 1 heteroatoms. The fourth-order valence-corrected chi connectivity index (χ4v) is 3.39. The van der Waals surface area contributed by atoms with Crippen LogP contribution in [0.25, 0.3) is 10.1 Å². The minimum atomic E-state index is 1.14. The number of rotatable bonds is 2. The monoisotopic (exact) mass is 204 g/mol. The highest BCUT2D eigenvalue weighted by molar-refractivity contribution is 7.19. The number of benzene rings is 1. The number of hydrogen-bond acceptors (Lipinski definition) is 1. The first-order chi connectivity index (χ1) is 6.77. The van der Waals surface area contributed by atoms with Gasteiger partial charge < -0.3 is 0 Å². The summed E-state index contributed by atoms with van der Waals surface area (Å²) in [5.41, 5.74) is 3.04. The van der Waals surface area contributed by atoms with Crippen molar-refractivity contribution in [3.05, 3.63) is 34.2 Å². The minimum Gasteiger partial charge on any atom is -0.140 e. The molecule has 0 aliphatic carbocycles. The number of thiophene rings is 1. The van der Waals surface area contributed by atoms with Gasteiger partial charge in [-0.2, -0.15) is 0 Å². The van der Waals surface area contributed by atoms with Crippen molar-refractivity contribution < 1.29 is 0 Å². The van der Waals surface area contributed by atoms with Gasteiger partial charge >= 0.3 is 0 Å². The second-order valence-electron chi connectivity index (χ2n) is 3.64. The van der Waals surface area contributed by atoms with Gasteiger partial charge in [-0.05, 0) is 36.3 Å². The van der Waals surface area contributed by atoms with Crippen molar-refractivity contribution in [1.29, 1.82) is 0 Å². The van der Waals surface area contributed by atoms with E-state index in [2.05, 4.69) is 39.0 Å². The van der Waals surface area contributed by atoms with Crippen LogP contribution in [-0.4, -0.2) is 0 Å². The highest BCUT2D eigenvalue weighted by atomic mass is 32.1.